The van der Waals surface area contributed by atoms with E-state index in [9.17, 15) is 0 Å². The Hall–Kier alpha value is -1.03. The summed E-state index contributed by atoms with van der Waals surface area (Å²) < 4.78 is 5.28. The summed E-state index contributed by atoms with van der Waals surface area (Å²) in [7, 11) is 1.67. The van der Waals surface area contributed by atoms with Crippen molar-refractivity contribution in [3.63, 3.8) is 0 Å². The summed E-state index contributed by atoms with van der Waals surface area (Å²) in [5, 5.41) is 4.26. The molecule has 2 nitrogen and oxygen atoms in total. The van der Waals surface area contributed by atoms with Crippen LogP contribution in [-0.4, -0.2) is 13.7 Å². The Morgan fingerprint density at radius 3 is 2.70 bits per heavy atom. The SMILES string of the molecule is CCNC(CC)c1ccc(-c2cc(OC)ccc2Cl)s1. The molecule has 0 aliphatic heterocycles. The van der Waals surface area contributed by atoms with Gasteiger partial charge >= 0.3 is 0 Å². The van der Waals surface area contributed by atoms with Crippen molar-refractivity contribution < 1.29 is 4.74 Å². The van der Waals surface area contributed by atoms with E-state index in [4.69, 9.17) is 16.3 Å². The van der Waals surface area contributed by atoms with Crippen LogP contribution in [0.2, 0.25) is 5.02 Å². The van der Waals surface area contributed by atoms with Gasteiger partial charge in [0.15, 0.2) is 0 Å². The minimum atomic E-state index is 0.420. The number of nitrogens with one attached hydrogen (secondary N) is 1. The van der Waals surface area contributed by atoms with Gasteiger partial charge in [0, 0.05) is 26.4 Å². The second-order valence-electron chi connectivity index (χ2n) is 4.57. The van der Waals surface area contributed by atoms with Crippen LogP contribution < -0.4 is 10.1 Å². The van der Waals surface area contributed by atoms with Crippen LogP contribution in [0.5, 0.6) is 5.75 Å². The van der Waals surface area contributed by atoms with Gasteiger partial charge in [-0.05, 0) is 43.3 Å². The van der Waals surface area contributed by atoms with Gasteiger partial charge in [-0.25, -0.2) is 0 Å². The Bertz CT molecular complexity index is 567. The number of hydrogen-bond donors (Lipinski definition) is 1. The topological polar surface area (TPSA) is 21.3 Å². The predicted molar refractivity (Wildman–Crippen MR) is 88.0 cm³/mol. The monoisotopic (exact) mass is 309 g/mol. The summed E-state index contributed by atoms with van der Waals surface area (Å²) in [5.74, 6) is 0.832. The van der Waals surface area contributed by atoms with E-state index in [0.29, 0.717) is 6.04 Å². The number of ether oxygens (including phenoxy) is 1. The van der Waals surface area contributed by atoms with Gasteiger partial charge < -0.3 is 10.1 Å². The maximum atomic E-state index is 6.31. The fourth-order valence-corrected chi connectivity index (χ4v) is 3.67. The molecular weight excluding hydrogens is 290 g/mol. The summed E-state index contributed by atoms with van der Waals surface area (Å²) in [6.45, 7) is 5.31. The molecule has 0 amide bonds. The zero-order valence-electron chi connectivity index (χ0n) is 12.1. The highest BCUT2D eigenvalue weighted by atomic mass is 35.5. The maximum Gasteiger partial charge on any atom is 0.119 e. The Morgan fingerprint density at radius 2 is 2.05 bits per heavy atom. The lowest BCUT2D eigenvalue weighted by atomic mass is 10.1. The smallest absolute Gasteiger partial charge is 0.119 e. The molecule has 108 valence electrons. The minimum absolute atomic E-state index is 0.420. The Morgan fingerprint density at radius 1 is 1.25 bits per heavy atom. The molecule has 1 heterocycles. The highest BCUT2D eigenvalue weighted by Gasteiger charge is 2.13. The zero-order chi connectivity index (χ0) is 14.5. The minimum Gasteiger partial charge on any atom is -0.497 e. The molecule has 0 saturated carbocycles. The van der Waals surface area contributed by atoms with Crippen LogP contribution in [0, 0.1) is 0 Å². The van der Waals surface area contributed by atoms with E-state index in [2.05, 4.69) is 31.3 Å². The molecule has 2 aromatic rings. The predicted octanol–water partition coefficient (Wildman–Crippen LogP) is 5.14. The molecule has 0 saturated heterocycles. The highest BCUT2D eigenvalue weighted by Crippen LogP contribution is 2.37. The van der Waals surface area contributed by atoms with Crippen LogP contribution >= 0.6 is 22.9 Å². The van der Waals surface area contributed by atoms with E-state index in [1.165, 1.54) is 9.75 Å². The fraction of sp³-hybridized carbons (Fsp3) is 0.375. The molecule has 1 unspecified atom stereocenters. The molecular formula is C16H20ClNOS. The molecule has 1 aromatic carbocycles. The van der Waals surface area contributed by atoms with E-state index in [-0.39, 0.29) is 0 Å². The molecule has 1 atom stereocenters. The van der Waals surface area contributed by atoms with Gasteiger partial charge in [-0.15, -0.1) is 11.3 Å². The molecule has 0 radical (unpaired) electrons. The first-order valence-corrected chi connectivity index (χ1v) is 8.06. The van der Waals surface area contributed by atoms with Gasteiger partial charge in [0.1, 0.15) is 5.75 Å². The van der Waals surface area contributed by atoms with Crippen LogP contribution in [0.25, 0.3) is 10.4 Å². The Balaban J connectivity index is 2.32. The van der Waals surface area contributed by atoms with Gasteiger partial charge in [0.25, 0.3) is 0 Å². The number of halogens is 1. The van der Waals surface area contributed by atoms with Crippen LogP contribution in [0.1, 0.15) is 31.2 Å². The third-order valence-electron chi connectivity index (χ3n) is 3.27. The zero-order valence-corrected chi connectivity index (χ0v) is 13.6. The van der Waals surface area contributed by atoms with Crippen molar-refractivity contribution in [3.8, 4) is 16.2 Å². The molecule has 1 N–H and O–H groups in total. The standard InChI is InChI=1S/C16H20ClNOS/c1-4-14(18-5-2)16-9-8-15(20-16)12-10-11(19-3)6-7-13(12)17/h6-10,14,18H,4-5H2,1-3H3. The molecule has 2 rings (SSSR count). The van der Waals surface area contributed by atoms with E-state index in [1.54, 1.807) is 18.4 Å². The second kappa shape index (κ2) is 7.11. The number of rotatable bonds is 6. The number of methoxy groups -OCH3 is 1. The molecule has 1 aromatic heterocycles. The molecule has 0 spiro atoms. The van der Waals surface area contributed by atoms with Crippen molar-refractivity contribution in [1.29, 1.82) is 0 Å². The molecule has 0 fully saturated rings. The Labute approximate surface area is 129 Å². The maximum absolute atomic E-state index is 6.31. The lowest BCUT2D eigenvalue weighted by Crippen LogP contribution is -2.18. The summed E-state index contributed by atoms with van der Waals surface area (Å²) in [6, 6.07) is 10.5. The number of hydrogen-bond acceptors (Lipinski definition) is 3. The van der Waals surface area contributed by atoms with Crippen molar-refractivity contribution in [1.82, 2.24) is 5.32 Å². The second-order valence-corrected chi connectivity index (χ2v) is 6.09. The largest absolute Gasteiger partial charge is 0.497 e. The van der Waals surface area contributed by atoms with Crippen molar-refractivity contribution in [2.45, 2.75) is 26.3 Å². The van der Waals surface area contributed by atoms with Gasteiger partial charge in [0.2, 0.25) is 0 Å². The quantitative estimate of drug-likeness (QED) is 0.798. The summed E-state index contributed by atoms with van der Waals surface area (Å²) in [5.41, 5.74) is 1.04. The van der Waals surface area contributed by atoms with Crippen LogP contribution in [0.3, 0.4) is 0 Å². The highest BCUT2D eigenvalue weighted by molar-refractivity contribution is 7.15. The normalized spacial score (nSPS) is 12.4. The van der Waals surface area contributed by atoms with Gasteiger partial charge in [0.05, 0.1) is 7.11 Å². The first-order chi connectivity index (χ1) is 9.69. The molecule has 0 bridgehead atoms. The average Bonchev–Trinajstić information content (AvgIpc) is 2.94. The molecule has 20 heavy (non-hydrogen) atoms. The molecule has 0 aliphatic carbocycles. The first-order valence-electron chi connectivity index (χ1n) is 6.86. The van der Waals surface area contributed by atoms with Crippen LogP contribution in [-0.2, 0) is 0 Å². The Kier molecular flexibility index (Phi) is 5.46. The first kappa shape index (κ1) is 15.4. The number of benzene rings is 1. The average molecular weight is 310 g/mol. The summed E-state index contributed by atoms with van der Waals surface area (Å²) >= 11 is 8.10. The molecule has 4 heteroatoms. The fourth-order valence-electron chi connectivity index (χ4n) is 2.20. The van der Waals surface area contributed by atoms with Crippen molar-refractivity contribution >= 4 is 22.9 Å². The van der Waals surface area contributed by atoms with Gasteiger partial charge in [-0.1, -0.05) is 25.4 Å². The third-order valence-corrected chi connectivity index (χ3v) is 4.83. The number of thiophene rings is 1. The van der Waals surface area contributed by atoms with E-state index in [0.717, 1.165) is 29.3 Å². The van der Waals surface area contributed by atoms with Crippen LogP contribution in [0.15, 0.2) is 30.3 Å². The van der Waals surface area contributed by atoms with Gasteiger partial charge in [-0.2, -0.15) is 0 Å². The van der Waals surface area contributed by atoms with Gasteiger partial charge in [-0.3, -0.25) is 0 Å². The third kappa shape index (κ3) is 3.35. The van der Waals surface area contributed by atoms with Crippen LogP contribution in [0.4, 0.5) is 0 Å². The molecule has 0 aliphatic rings. The van der Waals surface area contributed by atoms with Crippen molar-refractivity contribution in [3.05, 3.63) is 40.2 Å². The lowest BCUT2D eigenvalue weighted by molar-refractivity contribution is 0.415. The van der Waals surface area contributed by atoms with E-state index in [1.807, 2.05) is 18.2 Å². The van der Waals surface area contributed by atoms with Crippen molar-refractivity contribution in [2.24, 2.45) is 0 Å². The summed E-state index contributed by atoms with van der Waals surface area (Å²) in [4.78, 5) is 2.53. The van der Waals surface area contributed by atoms with E-state index < -0.39 is 0 Å². The summed E-state index contributed by atoms with van der Waals surface area (Å²) in [6.07, 6.45) is 1.08. The van der Waals surface area contributed by atoms with E-state index >= 15 is 0 Å². The van der Waals surface area contributed by atoms with Crippen molar-refractivity contribution in [2.75, 3.05) is 13.7 Å². The lowest BCUT2D eigenvalue weighted by Gasteiger charge is -2.13.